The third kappa shape index (κ3) is 9.40. The van der Waals surface area contributed by atoms with Crippen LogP contribution in [0, 0.1) is 17.3 Å². The van der Waals surface area contributed by atoms with Gasteiger partial charge in [-0.05, 0) is 108 Å². The smallest absolute Gasteiger partial charge is 0.482 e. The summed E-state index contributed by atoms with van der Waals surface area (Å²) in [6, 6.07) is 12.4. The fraction of sp³-hybridized carbons (Fsp3) is 0.524. The second kappa shape index (κ2) is 16.5. The predicted molar refractivity (Wildman–Crippen MR) is 219 cm³/mol. The highest BCUT2D eigenvalue weighted by molar-refractivity contribution is 7.14. The Hall–Kier alpha value is -4.80. The van der Waals surface area contributed by atoms with Crippen LogP contribution in [0.1, 0.15) is 113 Å². The van der Waals surface area contributed by atoms with E-state index >= 15 is 0 Å². The van der Waals surface area contributed by atoms with Gasteiger partial charge >= 0.3 is 19.2 Å². The number of ether oxygens (including phenoxy) is 3. The zero-order valence-corrected chi connectivity index (χ0v) is 35.6. The van der Waals surface area contributed by atoms with Gasteiger partial charge in [0, 0.05) is 10.9 Å². The monoisotopic (exact) mass is 816 g/mol. The molecule has 2 unspecified atom stereocenters. The van der Waals surface area contributed by atoms with Gasteiger partial charge in [0.25, 0.3) is 5.91 Å². The van der Waals surface area contributed by atoms with Crippen molar-refractivity contribution in [2.45, 2.75) is 117 Å². The lowest BCUT2D eigenvalue weighted by Crippen LogP contribution is -2.65. The number of hydrogen-bond acceptors (Lipinski definition) is 13. The number of hydrogen-bond donors (Lipinski definition) is 2. The van der Waals surface area contributed by atoms with E-state index in [1.807, 2.05) is 30.3 Å². The van der Waals surface area contributed by atoms with Crippen LogP contribution in [0.25, 0.3) is 0 Å². The molecule has 14 nitrogen and oxygen atoms in total. The third-order valence-corrected chi connectivity index (χ3v) is 11.8. The fourth-order valence-corrected chi connectivity index (χ4v) is 8.88. The molecule has 0 spiro atoms. The second-order valence-electron chi connectivity index (χ2n) is 17.9. The molecule has 3 saturated carbocycles. The molecule has 2 aromatic carbocycles. The van der Waals surface area contributed by atoms with Crippen LogP contribution >= 0.6 is 11.3 Å². The summed E-state index contributed by atoms with van der Waals surface area (Å²) in [7, 11) is 0.476. The number of aromatic nitrogens is 1. The molecular weight excluding hydrogens is 763 g/mol. The Kier molecular flexibility index (Phi) is 12.1. The quantitative estimate of drug-likeness (QED) is 0.0588. The number of carbonyl (C=O) groups excluding carboxylic acids is 4. The largest absolute Gasteiger partial charge is 0.496 e. The molecular formula is C42H53BN4O10S. The number of thiazole rings is 1. The molecule has 2 amide bonds. The lowest BCUT2D eigenvalue weighted by Gasteiger charge is -2.64. The second-order valence-corrected chi connectivity index (χ2v) is 18.7. The molecule has 1 saturated heterocycles. The maximum atomic E-state index is 14.6. The highest BCUT2D eigenvalue weighted by Crippen LogP contribution is 2.65. The molecule has 58 heavy (non-hydrogen) atoms. The summed E-state index contributed by atoms with van der Waals surface area (Å²) in [6.45, 7) is 17.1. The van der Waals surface area contributed by atoms with Crippen LogP contribution in [-0.2, 0) is 41.4 Å². The van der Waals surface area contributed by atoms with Crippen molar-refractivity contribution in [3.8, 4) is 5.75 Å². The first kappa shape index (κ1) is 42.8. The van der Waals surface area contributed by atoms with E-state index in [2.05, 4.69) is 41.5 Å². The first-order chi connectivity index (χ1) is 27.2. The molecule has 0 radical (unpaired) electrons. The summed E-state index contributed by atoms with van der Waals surface area (Å²) in [5.74, 6) is -1.38. The van der Waals surface area contributed by atoms with E-state index in [0.717, 1.165) is 29.7 Å². The number of rotatable bonds is 13. The highest BCUT2D eigenvalue weighted by atomic mass is 32.1. The van der Waals surface area contributed by atoms with Gasteiger partial charge < -0.3 is 33.7 Å². The Morgan fingerprint density at radius 2 is 1.76 bits per heavy atom. The number of oxime groups is 1. The van der Waals surface area contributed by atoms with Crippen LogP contribution in [0.5, 0.6) is 5.75 Å². The fourth-order valence-electron chi connectivity index (χ4n) is 8.20. The van der Waals surface area contributed by atoms with Crippen molar-refractivity contribution in [3.05, 3.63) is 75.8 Å². The van der Waals surface area contributed by atoms with Crippen molar-refractivity contribution in [3.63, 3.8) is 0 Å². The molecule has 2 N–H and O–H groups in total. The molecule has 5 atom stereocenters. The van der Waals surface area contributed by atoms with Crippen LogP contribution in [0.15, 0.2) is 53.0 Å². The van der Waals surface area contributed by atoms with Crippen LogP contribution in [0.3, 0.4) is 0 Å². The number of methoxy groups -OCH3 is 1. The van der Waals surface area contributed by atoms with Crippen LogP contribution < -0.4 is 15.4 Å². The van der Waals surface area contributed by atoms with Crippen LogP contribution in [-0.4, -0.2) is 78.0 Å². The highest BCUT2D eigenvalue weighted by Gasteiger charge is 2.68. The van der Waals surface area contributed by atoms with Gasteiger partial charge in [0.05, 0.1) is 24.8 Å². The minimum atomic E-state index is -0.949. The molecule has 4 aliphatic rings. The van der Waals surface area contributed by atoms with Crippen molar-refractivity contribution in [2.75, 3.05) is 12.4 Å². The van der Waals surface area contributed by atoms with E-state index < -0.39 is 47.8 Å². The van der Waals surface area contributed by atoms with E-state index in [9.17, 15) is 19.2 Å². The van der Waals surface area contributed by atoms with Gasteiger partial charge in [0.1, 0.15) is 41.1 Å². The normalized spacial score (nSPS) is 22.8. The summed E-state index contributed by atoms with van der Waals surface area (Å²) in [5, 5.41) is 11.7. The zero-order valence-electron chi connectivity index (χ0n) is 34.8. The van der Waals surface area contributed by atoms with Crippen molar-refractivity contribution >= 4 is 53.6 Å². The van der Waals surface area contributed by atoms with Crippen LogP contribution in [0.2, 0.25) is 0 Å². The average Bonchev–Trinajstić information content (AvgIpc) is 3.75. The Morgan fingerprint density at radius 3 is 2.40 bits per heavy atom. The van der Waals surface area contributed by atoms with Crippen LogP contribution in [0.4, 0.5) is 9.93 Å². The van der Waals surface area contributed by atoms with Gasteiger partial charge in [-0.2, -0.15) is 0 Å². The van der Waals surface area contributed by atoms with Gasteiger partial charge in [0.15, 0.2) is 10.8 Å². The van der Waals surface area contributed by atoms with E-state index in [1.165, 1.54) is 13.2 Å². The van der Waals surface area contributed by atoms with E-state index in [1.54, 1.807) is 53.0 Å². The molecule has 2 bridgehead atoms. The predicted octanol–water partition coefficient (Wildman–Crippen LogP) is 7.18. The first-order valence-corrected chi connectivity index (χ1v) is 20.3. The third-order valence-electron chi connectivity index (χ3n) is 11.0. The van der Waals surface area contributed by atoms with Gasteiger partial charge in [-0.15, -0.1) is 11.3 Å². The van der Waals surface area contributed by atoms with Crippen molar-refractivity contribution in [1.82, 2.24) is 10.3 Å². The number of nitrogens with zero attached hydrogens (tertiary/aromatic N) is 2. The molecule has 7 rings (SSSR count). The number of benzene rings is 2. The van der Waals surface area contributed by atoms with E-state index in [-0.39, 0.29) is 63.9 Å². The molecule has 2 heterocycles. The molecule has 3 aliphatic carbocycles. The molecule has 1 aromatic heterocycles. The van der Waals surface area contributed by atoms with E-state index in [4.69, 9.17) is 28.4 Å². The Bertz CT molecular complexity index is 2060. The average molecular weight is 817 g/mol. The lowest BCUT2D eigenvalue weighted by molar-refractivity contribution is -0.199. The van der Waals surface area contributed by atoms with Gasteiger partial charge in [-0.3, -0.25) is 14.9 Å². The summed E-state index contributed by atoms with van der Waals surface area (Å²) in [6.07, 6.45) is 1.53. The Labute approximate surface area is 343 Å². The van der Waals surface area contributed by atoms with Gasteiger partial charge in [-0.1, -0.05) is 49.3 Å². The van der Waals surface area contributed by atoms with Crippen molar-refractivity contribution in [2.24, 2.45) is 22.4 Å². The lowest BCUT2D eigenvalue weighted by atomic mass is 9.43. The number of aldehydes is 1. The molecule has 310 valence electrons. The minimum Gasteiger partial charge on any atom is -0.496 e. The van der Waals surface area contributed by atoms with Gasteiger partial charge in [-0.25, -0.2) is 14.6 Å². The topological polar surface area (TPSA) is 173 Å². The summed E-state index contributed by atoms with van der Waals surface area (Å²) < 4.78 is 30.5. The minimum absolute atomic E-state index is 0.0119. The maximum absolute atomic E-state index is 14.6. The SMILES string of the molecule is COc1c(CC(NC(=O)/C(=N\OCc2ccccc2)c2csc(NC(=O)OC(C)(C)C)n2)B2OC3C[C@H]4C[C@@H](C4(C)C)[C@]3(C)O2)cc(C=O)cc1C(=O)OC(C)(C)C. The van der Waals surface area contributed by atoms with Crippen molar-refractivity contribution in [1.29, 1.82) is 0 Å². The number of amides is 2. The number of esters is 1. The standard InChI is InChI=1S/C42H53BN4O10S/c1-39(2,3)54-36(50)28-17-25(21-48)16-26(34(28)52-10)18-32(43-56-31-20-27-19-30(41(27,7)8)42(31,9)57-43)45-35(49)33(47-53-22-24-14-12-11-13-15-24)29-23-58-37(44-29)46-38(51)55-40(4,5)6/h11-17,21,23,27,30-32H,18-20,22H2,1-10H3,(H,45,49)(H,44,46,51)/b47-33-/t27-,30+,31?,32?,42+/m1/s1. The molecule has 1 aliphatic heterocycles. The maximum Gasteiger partial charge on any atom is 0.482 e. The summed E-state index contributed by atoms with van der Waals surface area (Å²) in [4.78, 5) is 63.1. The number of anilines is 1. The summed E-state index contributed by atoms with van der Waals surface area (Å²) in [5.41, 5.74) is -0.663. The molecule has 4 fully saturated rings. The Balaban J connectivity index is 1.36. The zero-order chi connectivity index (χ0) is 42.2. The number of nitrogens with one attached hydrogen (secondary N) is 2. The van der Waals surface area contributed by atoms with Gasteiger partial charge in [0.2, 0.25) is 0 Å². The first-order valence-electron chi connectivity index (χ1n) is 19.4. The molecule has 3 aromatic rings. The van der Waals surface area contributed by atoms with Crippen molar-refractivity contribution < 1.29 is 47.5 Å². The van der Waals surface area contributed by atoms with E-state index in [0.29, 0.717) is 17.8 Å². The Morgan fingerprint density at radius 1 is 1.05 bits per heavy atom. The number of carbonyl (C=O) groups is 4. The molecule has 16 heteroatoms. The summed E-state index contributed by atoms with van der Waals surface area (Å²) >= 11 is 1.08.